The van der Waals surface area contributed by atoms with E-state index in [0.29, 0.717) is 38.2 Å². The molecule has 0 aliphatic carbocycles. The Morgan fingerprint density at radius 3 is 2.57 bits per heavy atom. The maximum Gasteiger partial charge on any atom is 0.179 e. The van der Waals surface area contributed by atoms with Gasteiger partial charge in [-0.15, -0.1) is 0 Å². The first kappa shape index (κ1) is 25.5. The van der Waals surface area contributed by atoms with E-state index in [1.54, 1.807) is 25.4 Å². The van der Waals surface area contributed by atoms with Gasteiger partial charge in [-0.25, -0.2) is 0 Å². The lowest BCUT2D eigenvalue weighted by Crippen LogP contribution is -2.05. The van der Waals surface area contributed by atoms with Crippen LogP contribution in [0.3, 0.4) is 0 Å². The monoisotopic (exact) mass is 531 g/mol. The van der Waals surface area contributed by atoms with Crippen molar-refractivity contribution in [2.75, 3.05) is 19.0 Å². The molecule has 4 rings (SSSR count). The van der Waals surface area contributed by atoms with Crippen molar-refractivity contribution < 1.29 is 9.47 Å². The highest BCUT2D eigenvalue weighted by molar-refractivity contribution is 6.43. The van der Waals surface area contributed by atoms with Gasteiger partial charge in [-0.05, 0) is 55.5 Å². The number of benzene rings is 2. The van der Waals surface area contributed by atoms with Crippen molar-refractivity contribution in [3.8, 4) is 17.2 Å². The smallest absolute Gasteiger partial charge is 0.179 e. The molecule has 0 saturated heterocycles. The molecule has 2 aromatic heterocycles. The number of pyridine rings is 1. The molecule has 2 aromatic carbocycles. The van der Waals surface area contributed by atoms with Gasteiger partial charge in [-0.2, -0.15) is 0 Å². The average molecular weight is 533 g/mol. The van der Waals surface area contributed by atoms with E-state index in [1.165, 1.54) is 5.69 Å². The van der Waals surface area contributed by atoms with Gasteiger partial charge in [0.2, 0.25) is 0 Å². The SMILES string of the molecule is COc1cc(NCCCCC(C)c2ccc[nH]2)c2nccc(C)c2c1Oc1cc(Cl)c(Cl)cc1Cl. The number of nitrogens with zero attached hydrogens (tertiary/aromatic N) is 1. The first-order valence-corrected chi connectivity index (χ1v) is 12.7. The predicted octanol–water partition coefficient (Wildman–Crippen LogP) is 9.02. The fraction of sp³-hybridized carbons (Fsp3) is 0.296. The fourth-order valence-corrected chi connectivity index (χ4v) is 4.70. The molecule has 2 heterocycles. The standard InChI is InChI=1S/C27H28Cl3N3O2/c1-16(21-8-6-11-31-21)7-4-5-10-32-22-15-24(34-3)27(25-17(2)9-12-33-26(22)25)35-23-14-19(29)18(28)13-20(23)30/h6,8-9,11-16,31-32H,4-5,7,10H2,1-3H3. The Kier molecular flexibility index (Phi) is 8.32. The third kappa shape index (κ3) is 5.80. The van der Waals surface area contributed by atoms with Gasteiger partial charge in [0.05, 0.1) is 38.8 Å². The summed E-state index contributed by atoms with van der Waals surface area (Å²) in [4.78, 5) is 7.95. The lowest BCUT2D eigenvalue weighted by Gasteiger charge is -2.19. The number of methoxy groups -OCH3 is 1. The minimum atomic E-state index is 0.354. The van der Waals surface area contributed by atoms with Gasteiger partial charge >= 0.3 is 0 Å². The Morgan fingerprint density at radius 2 is 1.83 bits per heavy atom. The van der Waals surface area contributed by atoms with Crippen molar-refractivity contribution in [1.82, 2.24) is 9.97 Å². The molecular formula is C27H28Cl3N3O2. The van der Waals surface area contributed by atoms with E-state index in [4.69, 9.17) is 44.3 Å². The lowest BCUT2D eigenvalue weighted by molar-refractivity contribution is 0.381. The highest BCUT2D eigenvalue weighted by Gasteiger charge is 2.19. The van der Waals surface area contributed by atoms with Crippen LogP contribution in [0.2, 0.25) is 15.1 Å². The molecular weight excluding hydrogens is 505 g/mol. The molecule has 0 aliphatic rings. The highest BCUT2D eigenvalue weighted by Crippen LogP contribution is 2.45. The van der Waals surface area contributed by atoms with E-state index < -0.39 is 0 Å². The van der Waals surface area contributed by atoms with E-state index in [0.717, 1.165) is 48.0 Å². The number of hydrogen-bond donors (Lipinski definition) is 2. The molecule has 0 radical (unpaired) electrons. The molecule has 0 bridgehead atoms. The summed E-state index contributed by atoms with van der Waals surface area (Å²) in [6, 6.07) is 11.2. The summed E-state index contributed by atoms with van der Waals surface area (Å²) in [6.07, 6.45) is 7.05. The van der Waals surface area contributed by atoms with Crippen LogP contribution >= 0.6 is 34.8 Å². The van der Waals surface area contributed by atoms with Crippen LogP contribution in [-0.2, 0) is 0 Å². The number of aromatic amines is 1. The number of halogens is 3. The van der Waals surface area contributed by atoms with Crippen LogP contribution in [0, 0.1) is 6.92 Å². The zero-order chi connectivity index (χ0) is 24.9. The van der Waals surface area contributed by atoms with E-state index in [1.807, 2.05) is 31.3 Å². The molecule has 2 N–H and O–H groups in total. The predicted molar refractivity (Wildman–Crippen MR) is 146 cm³/mol. The van der Waals surface area contributed by atoms with Crippen LogP contribution in [0.4, 0.5) is 5.69 Å². The minimum Gasteiger partial charge on any atom is -0.493 e. The van der Waals surface area contributed by atoms with Crippen LogP contribution in [0.15, 0.2) is 48.8 Å². The van der Waals surface area contributed by atoms with E-state index >= 15 is 0 Å². The second-order valence-electron chi connectivity index (χ2n) is 8.55. The van der Waals surface area contributed by atoms with Gasteiger partial charge in [0, 0.05) is 36.8 Å². The van der Waals surface area contributed by atoms with Gasteiger partial charge in [0.1, 0.15) is 5.75 Å². The number of ether oxygens (including phenoxy) is 2. The lowest BCUT2D eigenvalue weighted by atomic mass is 10.0. The van der Waals surface area contributed by atoms with Crippen LogP contribution in [0.25, 0.3) is 10.9 Å². The highest BCUT2D eigenvalue weighted by atomic mass is 35.5. The fourth-order valence-electron chi connectivity index (χ4n) is 4.12. The second kappa shape index (κ2) is 11.4. The molecule has 0 fully saturated rings. The number of nitrogens with one attached hydrogen (secondary N) is 2. The normalized spacial score (nSPS) is 12.1. The van der Waals surface area contributed by atoms with Crippen LogP contribution < -0.4 is 14.8 Å². The summed E-state index contributed by atoms with van der Waals surface area (Å²) in [5.41, 5.74) is 3.98. The van der Waals surface area contributed by atoms with Crippen molar-refractivity contribution in [1.29, 1.82) is 0 Å². The van der Waals surface area contributed by atoms with Gasteiger partial charge in [0.15, 0.2) is 11.5 Å². The molecule has 4 aromatic rings. The molecule has 8 heteroatoms. The maximum atomic E-state index is 6.38. The molecule has 184 valence electrons. The summed E-state index contributed by atoms with van der Waals surface area (Å²) >= 11 is 18.7. The summed E-state index contributed by atoms with van der Waals surface area (Å²) in [6.45, 7) is 5.09. The third-order valence-corrected chi connectivity index (χ3v) is 7.10. The van der Waals surface area contributed by atoms with Crippen molar-refractivity contribution in [2.24, 2.45) is 0 Å². The number of aryl methyl sites for hydroxylation is 1. The number of H-pyrrole nitrogens is 1. The number of fused-ring (bicyclic) bond motifs is 1. The Bertz CT molecular complexity index is 1310. The molecule has 5 nitrogen and oxygen atoms in total. The average Bonchev–Trinajstić information content (AvgIpc) is 3.38. The van der Waals surface area contributed by atoms with Crippen LogP contribution in [0.5, 0.6) is 17.2 Å². The zero-order valence-electron chi connectivity index (χ0n) is 19.9. The van der Waals surface area contributed by atoms with E-state index in [2.05, 4.69) is 28.3 Å². The topological polar surface area (TPSA) is 59.2 Å². The Balaban J connectivity index is 1.56. The quantitative estimate of drug-likeness (QED) is 0.158. The van der Waals surface area contributed by atoms with E-state index in [9.17, 15) is 0 Å². The Labute approximate surface area is 220 Å². The van der Waals surface area contributed by atoms with E-state index in [-0.39, 0.29) is 0 Å². The first-order valence-electron chi connectivity index (χ1n) is 11.5. The summed E-state index contributed by atoms with van der Waals surface area (Å²) in [5, 5.41) is 5.46. The number of anilines is 1. The molecule has 0 spiro atoms. The van der Waals surface area contributed by atoms with Crippen molar-refractivity contribution in [3.05, 3.63) is 75.1 Å². The number of unbranched alkanes of at least 4 members (excludes halogenated alkanes) is 1. The summed E-state index contributed by atoms with van der Waals surface area (Å²) < 4.78 is 12.0. The minimum absolute atomic E-state index is 0.354. The number of hydrogen-bond acceptors (Lipinski definition) is 4. The molecule has 1 atom stereocenters. The van der Waals surface area contributed by atoms with Gasteiger partial charge < -0.3 is 19.8 Å². The maximum absolute atomic E-state index is 6.38. The summed E-state index contributed by atoms with van der Waals surface area (Å²) in [7, 11) is 1.61. The zero-order valence-corrected chi connectivity index (χ0v) is 22.2. The Hall–Kier alpha value is -2.60. The molecule has 1 unspecified atom stereocenters. The molecule has 0 saturated carbocycles. The summed E-state index contributed by atoms with van der Waals surface area (Å²) in [5.74, 6) is 2.00. The first-order chi connectivity index (χ1) is 16.9. The number of aromatic nitrogens is 2. The van der Waals surface area contributed by atoms with Crippen molar-refractivity contribution in [2.45, 2.75) is 39.0 Å². The third-order valence-electron chi connectivity index (χ3n) is 6.08. The largest absolute Gasteiger partial charge is 0.493 e. The molecule has 0 amide bonds. The van der Waals surface area contributed by atoms with Gasteiger partial charge in [0.25, 0.3) is 0 Å². The Morgan fingerprint density at radius 1 is 1.03 bits per heavy atom. The van der Waals surface area contributed by atoms with Gasteiger partial charge in [-0.3, -0.25) is 4.98 Å². The van der Waals surface area contributed by atoms with Gasteiger partial charge in [-0.1, -0.05) is 48.1 Å². The molecule has 0 aliphatic heterocycles. The van der Waals surface area contributed by atoms with Crippen molar-refractivity contribution >= 4 is 51.4 Å². The second-order valence-corrected chi connectivity index (χ2v) is 9.78. The number of rotatable bonds is 10. The van der Waals surface area contributed by atoms with Crippen LogP contribution in [0.1, 0.15) is 43.4 Å². The van der Waals surface area contributed by atoms with Crippen molar-refractivity contribution in [3.63, 3.8) is 0 Å². The molecule has 35 heavy (non-hydrogen) atoms. The van der Waals surface area contributed by atoms with Crippen LogP contribution in [-0.4, -0.2) is 23.6 Å².